The Bertz CT molecular complexity index is 550. The Morgan fingerprint density at radius 2 is 2.19 bits per heavy atom. The van der Waals surface area contributed by atoms with Crippen molar-refractivity contribution < 1.29 is 4.79 Å². The summed E-state index contributed by atoms with van der Waals surface area (Å²) in [5, 5.41) is 2.66. The first kappa shape index (κ1) is 10.5. The van der Waals surface area contributed by atoms with E-state index in [2.05, 4.69) is 15.3 Å². The summed E-state index contributed by atoms with van der Waals surface area (Å²) in [6.45, 7) is 0. The third-order valence-electron chi connectivity index (χ3n) is 1.97. The van der Waals surface area contributed by atoms with Crippen molar-refractivity contribution in [3.8, 4) is 0 Å². The van der Waals surface area contributed by atoms with Crippen LogP contribution >= 0.6 is 12.2 Å². The molecule has 2 heterocycles. The van der Waals surface area contributed by atoms with Crippen LogP contribution in [0.1, 0.15) is 10.4 Å². The lowest BCUT2D eigenvalue weighted by Gasteiger charge is -2.03. The predicted octanol–water partition coefficient (Wildman–Crippen LogP) is 2.39. The van der Waals surface area contributed by atoms with Gasteiger partial charge in [-0.1, -0.05) is 18.3 Å². The van der Waals surface area contributed by atoms with Gasteiger partial charge in [0, 0.05) is 12.4 Å². The number of pyridine rings is 2. The van der Waals surface area contributed by atoms with E-state index < -0.39 is 0 Å². The van der Waals surface area contributed by atoms with Crippen molar-refractivity contribution in [2.24, 2.45) is 0 Å². The highest BCUT2D eigenvalue weighted by atomic mass is 32.1. The number of H-pyrrole nitrogens is 1. The van der Waals surface area contributed by atoms with Crippen molar-refractivity contribution in [3.63, 3.8) is 0 Å². The monoisotopic (exact) mass is 231 g/mol. The molecule has 1 amide bonds. The van der Waals surface area contributed by atoms with Crippen molar-refractivity contribution in [1.82, 2.24) is 9.97 Å². The molecule has 2 rings (SSSR count). The highest BCUT2D eigenvalue weighted by Gasteiger charge is 2.07. The highest BCUT2D eigenvalue weighted by Crippen LogP contribution is 2.05. The molecule has 0 fully saturated rings. The third-order valence-corrected chi connectivity index (χ3v) is 2.31. The van der Waals surface area contributed by atoms with Gasteiger partial charge in [0.2, 0.25) is 0 Å². The quantitative estimate of drug-likeness (QED) is 0.780. The Morgan fingerprint density at radius 3 is 2.88 bits per heavy atom. The second-order valence-electron chi connectivity index (χ2n) is 3.08. The summed E-state index contributed by atoms with van der Waals surface area (Å²) in [4.78, 5) is 18.6. The van der Waals surface area contributed by atoms with Gasteiger partial charge < -0.3 is 10.3 Å². The molecule has 0 aliphatic rings. The van der Waals surface area contributed by atoms with Crippen molar-refractivity contribution in [2.45, 2.75) is 0 Å². The number of carbonyl (C=O) groups is 1. The van der Waals surface area contributed by atoms with E-state index in [-0.39, 0.29) is 5.91 Å². The standard InChI is InChI=1S/C11H9N3OS/c15-10(8-4-3-7-13-11(8)16)14-9-5-1-2-6-12-9/h1-7H,(H,13,16)(H,12,14,15). The number of aromatic nitrogens is 2. The predicted molar refractivity (Wildman–Crippen MR) is 63.8 cm³/mol. The van der Waals surface area contributed by atoms with Crippen LogP contribution < -0.4 is 5.32 Å². The molecule has 16 heavy (non-hydrogen) atoms. The van der Waals surface area contributed by atoms with E-state index in [0.29, 0.717) is 16.0 Å². The molecule has 0 atom stereocenters. The summed E-state index contributed by atoms with van der Waals surface area (Å²) >= 11 is 5.01. The van der Waals surface area contributed by atoms with Crippen molar-refractivity contribution >= 4 is 23.9 Å². The Labute approximate surface area is 97.4 Å². The number of carbonyl (C=O) groups excluding carboxylic acids is 1. The molecule has 80 valence electrons. The van der Waals surface area contributed by atoms with Gasteiger partial charge in [-0.05, 0) is 24.3 Å². The first-order valence-electron chi connectivity index (χ1n) is 4.67. The van der Waals surface area contributed by atoms with Gasteiger partial charge in [-0.25, -0.2) is 4.98 Å². The molecule has 0 aliphatic carbocycles. The summed E-state index contributed by atoms with van der Waals surface area (Å²) in [5.41, 5.74) is 0.433. The van der Waals surface area contributed by atoms with E-state index >= 15 is 0 Å². The molecule has 2 aromatic heterocycles. The van der Waals surface area contributed by atoms with Crippen LogP contribution in [0.4, 0.5) is 5.82 Å². The Morgan fingerprint density at radius 1 is 1.31 bits per heavy atom. The number of nitrogens with one attached hydrogen (secondary N) is 2. The smallest absolute Gasteiger partial charge is 0.259 e. The first-order valence-corrected chi connectivity index (χ1v) is 5.08. The summed E-state index contributed by atoms with van der Waals surface area (Å²) < 4.78 is 0.413. The van der Waals surface area contributed by atoms with E-state index in [1.807, 2.05) is 0 Å². The zero-order valence-corrected chi connectivity index (χ0v) is 9.12. The highest BCUT2D eigenvalue weighted by molar-refractivity contribution is 7.71. The number of hydrogen-bond donors (Lipinski definition) is 2. The van der Waals surface area contributed by atoms with E-state index in [9.17, 15) is 4.79 Å². The number of amides is 1. The minimum atomic E-state index is -0.263. The maximum absolute atomic E-state index is 11.8. The van der Waals surface area contributed by atoms with Crippen LogP contribution in [0.2, 0.25) is 0 Å². The normalized spacial score (nSPS) is 9.75. The van der Waals surface area contributed by atoms with Gasteiger partial charge in [-0.2, -0.15) is 0 Å². The fourth-order valence-corrected chi connectivity index (χ4v) is 1.45. The lowest BCUT2D eigenvalue weighted by molar-refractivity contribution is 0.102. The Kier molecular flexibility index (Phi) is 3.07. The molecule has 5 heteroatoms. The second kappa shape index (κ2) is 4.67. The molecule has 0 radical (unpaired) electrons. The van der Waals surface area contributed by atoms with E-state index in [1.54, 1.807) is 42.7 Å². The zero-order valence-electron chi connectivity index (χ0n) is 8.31. The van der Waals surface area contributed by atoms with Gasteiger partial charge in [0.15, 0.2) is 0 Å². The average molecular weight is 231 g/mol. The number of anilines is 1. The fourth-order valence-electron chi connectivity index (χ4n) is 1.22. The van der Waals surface area contributed by atoms with Gasteiger partial charge in [0.25, 0.3) is 5.91 Å². The number of aromatic amines is 1. The van der Waals surface area contributed by atoms with Gasteiger partial charge in [0.1, 0.15) is 10.5 Å². The molecule has 0 aromatic carbocycles. The molecule has 0 saturated heterocycles. The van der Waals surface area contributed by atoms with Crippen LogP contribution in [0.3, 0.4) is 0 Å². The van der Waals surface area contributed by atoms with Crippen LogP contribution in [-0.4, -0.2) is 15.9 Å². The topological polar surface area (TPSA) is 57.8 Å². The number of hydrogen-bond acceptors (Lipinski definition) is 3. The maximum Gasteiger partial charge on any atom is 0.259 e. The molecular weight excluding hydrogens is 222 g/mol. The maximum atomic E-state index is 11.8. The third kappa shape index (κ3) is 2.32. The largest absolute Gasteiger partial charge is 0.352 e. The van der Waals surface area contributed by atoms with Crippen LogP contribution in [0.25, 0.3) is 0 Å². The molecule has 0 bridgehead atoms. The molecule has 2 N–H and O–H groups in total. The Balaban J connectivity index is 2.22. The molecule has 0 unspecified atom stereocenters. The fraction of sp³-hybridized carbons (Fsp3) is 0. The molecule has 0 saturated carbocycles. The van der Waals surface area contributed by atoms with E-state index in [4.69, 9.17) is 12.2 Å². The summed E-state index contributed by atoms with van der Waals surface area (Å²) in [5.74, 6) is 0.242. The van der Waals surface area contributed by atoms with Crippen LogP contribution in [0, 0.1) is 4.64 Å². The van der Waals surface area contributed by atoms with E-state index in [1.165, 1.54) is 0 Å². The van der Waals surface area contributed by atoms with Crippen molar-refractivity contribution in [1.29, 1.82) is 0 Å². The van der Waals surface area contributed by atoms with Gasteiger partial charge in [-0.3, -0.25) is 4.79 Å². The minimum Gasteiger partial charge on any atom is -0.352 e. The summed E-state index contributed by atoms with van der Waals surface area (Å²) in [6.07, 6.45) is 3.29. The lowest BCUT2D eigenvalue weighted by atomic mass is 10.2. The second-order valence-corrected chi connectivity index (χ2v) is 3.49. The Hall–Kier alpha value is -2.01. The first-order chi connectivity index (χ1) is 7.77. The minimum absolute atomic E-state index is 0.263. The van der Waals surface area contributed by atoms with E-state index in [0.717, 1.165) is 0 Å². The number of nitrogens with zero attached hydrogens (tertiary/aromatic N) is 1. The SMILES string of the molecule is O=C(Nc1ccccn1)c1ccc[nH]c1=S. The average Bonchev–Trinajstić information content (AvgIpc) is 2.31. The molecule has 2 aromatic rings. The van der Waals surface area contributed by atoms with Crippen LogP contribution in [0.15, 0.2) is 42.7 Å². The number of rotatable bonds is 2. The molecule has 0 spiro atoms. The van der Waals surface area contributed by atoms with Crippen molar-refractivity contribution in [2.75, 3.05) is 5.32 Å². The van der Waals surface area contributed by atoms with Gasteiger partial charge in [0.05, 0.1) is 5.56 Å². The molecular formula is C11H9N3OS. The summed E-state index contributed by atoms with van der Waals surface area (Å²) in [7, 11) is 0. The van der Waals surface area contributed by atoms with Gasteiger partial charge in [-0.15, -0.1) is 0 Å². The summed E-state index contributed by atoms with van der Waals surface area (Å²) in [6, 6.07) is 8.69. The molecule has 0 aliphatic heterocycles. The van der Waals surface area contributed by atoms with Gasteiger partial charge >= 0.3 is 0 Å². The van der Waals surface area contributed by atoms with Crippen LogP contribution in [0.5, 0.6) is 0 Å². The lowest BCUT2D eigenvalue weighted by Crippen LogP contribution is -2.13. The van der Waals surface area contributed by atoms with Crippen LogP contribution in [-0.2, 0) is 0 Å². The molecule has 4 nitrogen and oxygen atoms in total. The zero-order chi connectivity index (χ0) is 11.4. The van der Waals surface area contributed by atoms with Crippen molar-refractivity contribution in [3.05, 3.63) is 52.9 Å².